The number of nitrogens with zero attached hydrogens (tertiary/aromatic N) is 3. The lowest BCUT2D eigenvalue weighted by Gasteiger charge is -2.04. The summed E-state index contributed by atoms with van der Waals surface area (Å²) in [5.41, 5.74) is 2.68. The van der Waals surface area contributed by atoms with Crippen LogP contribution in [-0.2, 0) is 0 Å². The maximum absolute atomic E-state index is 12.4. The molecule has 0 N–H and O–H groups in total. The summed E-state index contributed by atoms with van der Waals surface area (Å²) in [5.74, 6) is 0. The summed E-state index contributed by atoms with van der Waals surface area (Å²) < 4.78 is 3.27. The molecule has 0 atom stereocenters. The van der Waals surface area contributed by atoms with Gasteiger partial charge in [-0.2, -0.15) is 0 Å². The molecule has 0 aliphatic rings. The number of imidazole rings is 1. The standard InChI is InChI=1S/C14H13N3OS/c1-10-3-4-15-8-13(10)17-6-5-16(14(17)18)12-7-11(2)19-9-12/h3-9H,1-2H3. The molecule has 0 unspecified atom stereocenters. The second kappa shape index (κ2) is 4.51. The summed E-state index contributed by atoms with van der Waals surface area (Å²) >= 11 is 1.63. The Morgan fingerprint density at radius 2 is 2.00 bits per heavy atom. The maximum Gasteiger partial charge on any atom is 0.337 e. The van der Waals surface area contributed by atoms with Gasteiger partial charge in [-0.1, -0.05) is 0 Å². The van der Waals surface area contributed by atoms with Gasteiger partial charge in [0.15, 0.2) is 0 Å². The predicted molar refractivity (Wildman–Crippen MR) is 76.5 cm³/mol. The summed E-state index contributed by atoms with van der Waals surface area (Å²) in [6.45, 7) is 4.00. The molecule has 0 fully saturated rings. The van der Waals surface area contributed by atoms with Gasteiger partial charge in [-0.15, -0.1) is 11.3 Å². The van der Waals surface area contributed by atoms with Crippen LogP contribution in [0, 0.1) is 13.8 Å². The average molecular weight is 271 g/mol. The topological polar surface area (TPSA) is 39.8 Å². The van der Waals surface area contributed by atoms with Crippen molar-refractivity contribution < 1.29 is 0 Å². The SMILES string of the molecule is Cc1cc(-n2ccn(-c3cnccc3C)c2=O)cs1. The highest BCUT2D eigenvalue weighted by molar-refractivity contribution is 7.10. The Bertz CT molecular complexity index is 782. The molecular weight excluding hydrogens is 258 g/mol. The maximum atomic E-state index is 12.4. The van der Waals surface area contributed by atoms with Crippen molar-refractivity contribution in [2.24, 2.45) is 0 Å². The zero-order valence-electron chi connectivity index (χ0n) is 10.7. The second-order valence-corrected chi connectivity index (χ2v) is 5.51. The lowest BCUT2D eigenvalue weighted by atomic mass is 10.2. The van der Waals surface area contributed by atoms with Gasteiger partial charge in [-0.3, -0.25) is 14.1 Å². The summed E-state index contributed by atoms with van der Waals surface area (Å²) in [6, 6.07) is 3.90. The first-order chi connectivity index (χ1) is 9.16. The molecule has 3 aromatic heterocycles. The van der Waals surface area contributed by atoms with Crippen molar-refractivity contribution >= 4 is 11.3 Å². The monoisotopic (exact) mass is 271 g/mol. The third kappa shape index (κ3) is 2.02. The largest absolute Gasteiger partial charge is 0.337 e. The number of aromatic nitrogens is 3. The molecule has 3 rings (SSSR count). The van der Waals surface area contributed by atoms with E-state index in [0.29, 0.717) is 0 Å². The quantitative estimate of drug-likeness (QED) is 0.719. The first-order valence-corrected chi connectivity index (χ1v) is 6.81. The Hall–Kier alpha value is -2.14. The van der Waals surface area contributed by atoms with Crippen LogP contribution < -0.4 is 5.69 Å². The Morgan fingerprint density at radius 3 is 2.68 bits per heavy atom. The Morgan fingerprint density at radius 1 is 1.21 bits per heavy atom. The number of thiophene rings is 1. The Balaban J connectivity index is 2.15. The molecule has 5 heteroatoms. The minimum atomic E-state index is -0.0751. The minimum absolute atomic E-state index is 0.0751. The van der Waals surface area contributed by atoms with Gasteiger partial charge in [0.2, 0.25) is 0 Å². The lowest BCUT2D eigenvalue weighted by molar-refractivity contribution is 0.900. The van der Waals surface area contributed by atoms with E-state index in [4.69, 9.17) is 0 Å². The molecule has 0 aliphatic carbocycles. The van der Waals surface area contributed by atoms with Gasteiger partial charge in [0.25, 0.3) is 0 Å². The lowest BCUT2D eigenvalue weighted by Crippen LogP contribution is -2.22. The first kappa shape index (κ1) is 11.9. The fourth-order valence-corrected chi connectivity index (χ4v) is 2.70. The molecule has 0 aliphatic heterocycles. The second-order valence-electron chi connectivity index (χ2n) is 4.40. The summed E-state index contributed by atoms with van der Waals surface area (Å²) in [6.07, 6.45) is 7.00. The van der Waals surface area contributed by atoms with Crippen LogP contribution in [-0.4, -0.2) is 14.1 Å². The third-order valence-corrected chi connectivity index (χ3v) is 3.89. The van der Waals surface area contributed by atoms with E-state index >= 15 is 0 Å². The van der Waals surface area contributed by atoms with Gasteiger partial charge in [0.05, 0.1) is 17.6 Å². The number of hydrogen-bond donors (Lipinski definition) is 0. The van der Waals surface area contributed by atoms with Gasteiger partial charge >= 0.3 is 5.69 Å². The van der Waals surface area contributed by atoms with Gasteiger partial charge < -0.3 is 0 Å². The zero-order chi connectivity index (χ0) is 13.4. The number of pyridine rings is 1. The molecule has 0 bridgehead atoms. The molecule has 4 nitrogen and oxygen atoms in total. The smallest absolute Gasteiger partial charge is 0.267 e. The predicted octanol–water partition coefficient (Wildman–Crippen LogP) is 2.70. The van der Waals surface area contributed by atoms with Crippen molar-refractivity contribution in [1.82, 2.24) is 14.1 Å². The molecular formula is C14H13N3OS. The van der Waals surface area contributed by atoms with Crippen molar-refractivity contribution in [3.05, 3.63) is 63.2 Å². The van der Waals surface area contributed by atoms with Crippen molar-refractivity contribution in [1.29, 1.82) is 0 Å². The van der Waals surface area contributed by atoms with Crippen LogP contribution >= 0.6 is 11.3 Å². The fourth-order valence-electron chi connectivity index (χ4n) is 2.02. The van der Waals surface area contributed by atoms with E-state index in [1.54, 1.807) is 45.3 Å². The van der Waals surface area contributed by atoms with Crippen LogP contribution in [0.4, 0.5) is 0 Å². The molecule has 3 heterocycles. The molecule has 0 saturated heterocycles. The molecule has 0 spiro atoms. The Kier molecular flexibility index (Phi) is 2.83. The van der Waals surface area contributed by atoms with Crippen molar-refractivity contribution in [3.8, 4) is 11.4 Å². The van der Waals surface area contributed by atoms with E-state index in [9.17, 15) is 4.79 Å². The van der Waals surface area contributed by atoms with Crippen molar-refractivity contribution in [2.75, 3.05) is 0 Å². The molecule has 0 aromatic carbocycles. The van der Waals surface area contributed by atoms with E-state index in [2.05, 4.69) is 4.98 Å². The van der Waals surface area contributed by atoms with Gasteiger partial charge in [-0.25, -0.2) is 4.79 Å². The highest BCUT2D eigenvalue weighted by atomic mass is 32.1. The summed E-state index contributed by atoms with van der Waals surface area (Å²) in [4.78, 5) is 17.7. The molecule has 0 saturated carbocycles. The van der Waals surface area contributed by atoms with Gasteiger partial charge in [0.1, 0.15) is 0 Å². The first-order valence-electron chi connectivity index (χ1n) is 5.93. The number of rotatable bonds is 2. The van der Waals surface area contributed by atoms with Crippen LogP contribution in [0.25, 0.3) is 11.4 Å². The normalized spacial score (nSPS) is 10.8. The van der Waals surface area contributed by atoms with E-state index in [-0.39, 0.29) is 5.69 Å². The highest BCUT2D eigenvalue weighted by Crippen LogP contribution is 2.17. The van der Waals surface area contributed by atoms with Crippen LogP contribution in [0.3, 0.4) is 0 Å². The van der Waals surface area contributed by atoms with Crippen LogP contribution in [0.5, 0.6) is 0 Å². The molecule has 96 valence electrons. The van der Waals surface area contributed by atoms with E-state index < -0.39 is 0 Å². The van der Waals surface area contributed by atoms with Crippen molar-refractivity contribution in [2.45, 2.75) is 13.8 Å². The highest BCUT2D eigenvalue weighted by Gasteiger charge is 2.09. The fraction of sp³-hybridized carbons (Fsp3) is 0.143. The van der Waals surface area contributed by atoms with Crippen LogP contribution in [0.1, 0.15) is 10.4 Å². The van der Waals surface area contributed by atoms with E-state index in [1.807, 2.05) is 31.4 Å². The number of hydrogen-bond acceptors (Lipinski definition) is 3. The van der Waals surface area contributed by atoms with E-state index in [1.165, 1.54) is 4.88 Å². The summed E-state index contributed by atoms with van der Waals surface area (Å²) in [5, 5.41) is 1.98. The van der Waals surface area contributed by atoms with Crippen LogP contribution in [0.15, 0.2) is 47.1 Å². The van der Waals surface area contributed by atoms with Crippen LogP contribution in [0.2, 0.25) is 0 Å². The molecule has 3 aromatic rings. The zero-order valence-corrected chi connectivity index (χ0v) is 11.5. The van der Waals surface area contributed by atoms with E-state index in [0.717, 1.165) is 16.9 Å². The van der Waals surface area contributed by atoms with Gasteiger partial charge in [-0.05, 0) is 31.5 Å². The molecule has 19 heavy (non-hydrogen) atoms. The average Bonchev–Trinajstić information content (AvgIpc) is 2.97. The molecule has 0 amide bonds. The van der Waals surface area contributed by atoms with Crippen molar-refractivity contribution in [3.63, 3.8) is 0 Å². The Labute approximate surface area is 114 Å². The summed E-state index contributed by atoms with van der Waals surface area (Å²) in [7, 11) is 0. The molecule has 0 radical (unpaired) electrons. The minimum Gasteiger partial charge on any atom is -0.267 e. The number of aryl methyl sites for hydroxylation is 2. The third-order valence-electron chi connectivity index (χ3n) is 3.04. The van der Waals surface area contributed by atoms with Gasteiger partial charge in [0, 0.05) is 28.8 Å².